The molecule has 0 radical (unpaired) electrons. The van der Waals surface area contributed by atoms with Crippen molar-refractivity contribution in [1.82, 2.24) is 19.9 Å². The Morgan fingerprint density at radius 1 is 1.23 bits per heavy atom. The molecular formula is C24H32N4O3. The molecule has 1 atom stereocenters. The minimum absolute atomic E-state index is 0.0286. The molecule has 2 aromatic rings. The van der Waals surface area contributed by atoms with Crippen molar-refractivity contribution in [2.45, 2.75) is 57.8 Å². The van der Waals surface area contributed by atoms with Crippen molar-refractivity contribution in [2.75, 3.05) is 26.7 Å². The Balaban J connectivity index is 1.25. The smallest absolute Gasteiger partial charge is 0.292 e. The van der Waals surface area contributed by atoms with E-state index in [0.717, 1.165) is 74.9 Å². The summed E-state index contributed by atoms with van der Waals surface area (Å²) < 4.78 is 5.45. The van der Waals surface area contributed by atoms with Gasteiger partial charge in [0.2, 0.25) is 11.7 Å². The summed E-state index contributed by atoms with van der Waals surface area (Å²) in [7, 11) is 1.86. The maximum Gasteiger partial charge on any atom is 0.292 e. The van der Waals surface area contributed by atoms with E-state index in [1.54, 1.807) is 11.1 Å². The van der Waals surface area contributed by atoms with Gasteiger partial charge in [-0.1, -0.05) is 11.2 Å². The number of carbonyl (C=O) groups excluding carboxylic acids is 2. The van der Waals surface area contributed by atoms with E-state index in [2.05, 4.69) is 10.1 Å². The SMILES string of the molecule is CN(CCc1ccccn1)C(=O)CC[C@H]1CCCN(C(=O)c2onc3c2CCCC3)C1. The van der Waals surface area contributed by atoms with E-state index >= 15 is 0 Å². The number of likely N-dealkylation sites (tertiary alicyclic amines) is 1. The van der Waals surface area contributed by atoms with Gasteiger partial charge >= 0.3 is 0 Å². The molecule has 2 aromatic heterocycles. The van der Waals surface area contributed by atoms with Gasteiger partial charge in [0.15, 0.2) is 0 Å². The maximum absolute atomic E-state index is 13.1. The summed E-state index contributed by atoms with van der Waals surface area (Å²) in [5.41, 5.74) is 2.98. The van der Waals surface area contributed by atoms with Crippen LogP contribution in [0.3, 0.4) is 0 Å². The molecule has 0 spiro atoms. The fourth-order valence-electron chi connectivity index (χ4n) is 4.66. The second-order valence-corrected chi connectivity index (χ2v) is 8.83. The normalized spacial score (nSPS) is 18.5. The lowest BCUT2D eigenvalue weighted by Crippen LogP contribution is -2.40. The minimum atomic E-state index is -0.0286. The number of likely N-dealkylation sites (N-methyl/N-ethyl adjacent to an activating group) is 1. The summed E-state index contributed by atoms with van der Waals surface area (Å²) in [6, 6.07) is 5.85. The number of carbonyl (C=O) groups is 2. The third-order valence-corrected chi connectivity index (χ3v) is 6.58. The van der Waals surface area contributed by atoms with Crippen LogP contribution in [0.15, 0.2) is 28.9 Å². The van der Waals surface area contributed by atoms with Crippen molar-refractivity contribution in [3.05, 3.63) is 47.1 Å². The van der Waals surface area contributed by atoms with Crippen LogP contribution in [-0.2, 0) is 24.1 Å². The van der Waals surface area contributed by atoms with Gasteiger partial charge < -0.3 is 14.3 Å². The number of rotatable bonds is 7. The number of hydrogen-bond donors (Lipinski definition) is 0. The zero-order valence-corrected chi connectivity index (χ0v) is 18.4. The summed E-state index contributed by atoms with van der Waals surface area (Å²) in [5.74, 6) is 0.924. The van der Waals surface area contributed by atoms with Crippen LogP contribution in [0.25, 0.3) is 0 Å². The highest BCUT2D eigenvalue weighted by Gasteiger charge is 2.31. The molecule has 166 valence electrons. The highest BCUT2D eigenvalue weighted by molar-refractivity contribution is 5.93. The van der Waals surface area contributed by atoms with E-state index < -0.39 is 0 Å². The lowest BCUT2D eigenvalue weighted by Gasteiger charge is -2.32. The molecule has 0 bridgehead atoms. The highest BCUT2D eigenvalue weighted by Crippen LogP contribution is 2.27. The second-order valence-electron chi connectivity index (χ2n) is 8.83. The van der Waals surface area contributed by atoms with E-state index in [9.17, 15) is 9.59 Å². The first-order valence-corrected chi connectivity index (χ1v) is 11.5. The number of aromatic nitrogens is 2. The van der Waals surface area contributed by atoms with E-state index in [1.165, 1.54) is 0 Å². The Morgan fingerprint density at radius 2 is 2.10 bits per heavy atom. The van der Waals surface area contributed by atoms with Crippen molar-refractivity contribution in [1.29, 1.82) is 0 Å². The Morgan fingerprint density at radius 3 is 2.94 bits per heavy atom. The average Bonchev–Trinajstić information content (AvgIpc) is 3.25. The van der Waals surface area contributed by atoms with Crippen molar-refractivity contribution < 1.29 is 14.1 Å². The molecule has 2 amide bonds. The Labute approximate surface area is 183 Å². The van der Waals surface area contributed by atoms with Gasteiger partial charge in [0.25, 0.3) is 5.91 Å². The zero-order chi connectivity index (χ0) is 21.6. The lowest BCUT2D eigenvalue weighted by molar-refractivity contribution is -0.130. The molecule has 1 aliphatic carbocycles. The quantitative estimate of drug-likeness (QED) is 0.681. The molecule has 1 aliphatic heterocycles. The summed E-state index contributed by atoms with van der Waals surface area (Å²) in [5, 5.41) is 4.13. The van der Waals surface area contributed by atoms with Crippen molar-refractivity contribution >= 4 is 11.8 Å². The zero-order valence-electron chi connectivity index (χ0n) is 18.4. The number of piperidine rings is 1. The highest BCUT2D eigenvalue weighted by atomic mass is 16.5. The van der Waals surface area contributed by atoms with Gasteiger partial charge in [-0.3, -0.25) is 14.6 Å². The van der Waals surface area contributed by atoms with Gasteiger partial charge in [-0.25, -0.2) is 0 Å². The van der Waals surface area contributed by atoms with Crippen LogP contribution < -0.4 is 0 Å². The molecule has 7 nitrogen and oxygen atoms in total. The third kappa shape index (κ3) is 5.32. The fourth-order valence-corrected chi connectivity index (χ4v) is 4.66. The molecule has 1 saturated heterocycles. The topological polar surface area (TPSA) is 79.5 Å². The number of pyridine rings is 1. The maximum atomic E-state index is 13.1. The molecule has 0 aromatic carbocycles. The van der Waals surface area contributed by atoms with Crippen LogP contribution in [0.5, 0.6) is 0 Å². The van der Waals surface area contributed by atoms with Crippen LogP contribution in [0.2, 0.25) is 0 Å². The van der Waals surface area contributed by atoms with Crippen LogP contribution in [0.4, 0.5) is 0 Å². The standard InChI is InChI=1S/C24H32N4O3/c1-27(16-13-19-8-4-5-14-25-19)22(29)12-11-18-7-6-15-28(17-18)24(30)23-20-9-2-3-10-21(20)26-31-23/h4-5,8,14,18H,2-3,6-7,9-13,15-17H2,1H3/t18-/m1/s1. The monoisotopic (exact) mass is 424 g/mol. The van der Waals surface area contributed by atoms with E-state index in [1.807, 2.05) is 30.1 Å². The molecule has 2 aliphatic rings. The molecule has 0 saturated carbocycles. The van der Waals surface area contributed by atoms with Crippen molar-refractivity contribution in [2.24, 2.45) is 5.92 Å². The molecule has 3 heterocycles. The summed E-state index contributed by atoms with van der Waals surface area (Å²) in [4.78, 5) is 33.6. The predicted molar refractivity (Wildman–Crippen MR) is 117 cm³/mol. The predicted octanol–water partition coefficient (Wildman–Crippen LogP) is 3.28. The number of aryl methyl sites for hydroxylation is 1. The molecule has 0 N–H and O–H groups in total. The summed E-state index contributed by atoms with van der Waals surface area (Å²) >= 11 is 0. The first-order chi connectivity index (χ1) is 15.1. The second kappa shape index (κ2) is 10.1. The first kappa shape index (κ1) is 21.5. The van der Waals surface area contributed by atoms with Crippen LogP contribution >= 0.6 is 0 Å². The largest absolute Gasteiger partial charge is 0.350 e. The van der Waals surface area contributed by atoms with Gasteiger partial charge in [0.1, 0.15) is 0 Å². The van der Waals surface area contributed by atoms with Gasteiger partial charge in [-0.05, 0) is 63.0 Å². The van der Waals surface area contributed by atoms with Crippen LogP contribution in [-0.4, -0.2) is 58.4 Å². The van der Waals surface area contributed by atoms with Crippen molar-refractivity contribution in [3.63, 3.8) is 0 Å². The first-order valence-electron chi connectivity index (χ1n) is 11.5. The molecule has 0 unspecified atom stereocenters. The molecule has 31 heavy (non-hydrogen) atoms. The average molecular weight is 425 g/mol. The van der Waals surface area contributed by atoms with E-state index in [4.69, 9.17) is 4.52 Å². The Hall–Kier alpha value is -2.70. The number of fused-ring (bicyclic) bond motifs is 1. The Kier molecular flexibility index (Phi) is 6.99. The number of nitrogens with zero attached hydrogens (tertiary/aromatic N) is 4. The van der Waals surface area contributed by atoms with Crippen LogP contribution in [0.1, 0.15) is 66.0 Å². The van der Waals surface area contributed by atoms with E-state index in [-0.39, 0.29) is 11.8 Å². The summed E-state index contributed by atoms with van der Waals surface area (Å²) in [6.45, 7) is 2.11. The van der Waals surface area contributed by atoms with Crippen molar-refractivity contribution in [3.8, 4) is 0 Å². The van der Waals surface area contributed by atoms with E-state index in [0.29, 0.717) is 31.2 Å². The van der Waals surface area contributed by atoms with Gasteiger partial charge in [-0.15, -0.1) is 0 Å². The van der Waals surface area contributed by atoms with Gasteiger partial charge in [0.05, 0.1) is 5.69 Å². The fraction of sp³-hybridized carbons (Fsp3) is 0.583. The molecule has 7 heteroatoms. The van der Waals surface area contributed by atoms with Crippen LogP contribution in [0, 0.1) is 5.92 Å². The molecule has 4 rings (SSSR count). The van der Waals surface area contributed by atoms with Gasteiger partial charge in [0, 0.05) is 57.0 Å². The minimum Gasteiger partial charge on any atom is -0.350 e. The Bertz CT molecular complexity index is 895. The van der Waals surface area contributed by atoms with Gasteiger partial charge in [-0.2, -0.15) is 0 Å². The number of amides is 2. The molecule has 1 fully saturated rings. The summed E-state index contributed by atoms with van der Waals surface area (Å²) in [6.07, 6.45) is 9.89. The molecular weight excluding hydrogens is 392 g/mol. The third-order valence-electron chi connectivity index (χ3n) is 6.58. The lowest BCUT2D eigenvalue weighted by atomic mass is 9.92. The number of hydrogen-bond acceptors (Lipinski definition) is 5.